The molecule has 0 fully saturated rings. The Hall–Kier alpha value is -1.36. The number of aliphatic carboxylic acids is 1. The average molecular weight is 296 g/mol. The number of hydrogen-bond donors (Lipinski definition) is 2. The zero-order valence-corrected chi connectivity index (χ0v) is 11.7. The van der Waals surface area contributed by atoms with E-state index >= 15 is 0 Å². The van der Waals surface area contributed by atoms with Crippen LogP contribution in [0.5, 0.6) is 0 Å². The van der Waals surface area contributed by atoms with Crippen molar-refractivity contribution in [2.75, 3.05) is 6.54 Å². The monoisotopic (exact) mass is 295 g/mol. The Bertz CT molecular complexity index is 542. The average Bonchev–Trinajstić information content (AvgIpc) is 2.89. The topological polar surface area (TPSA) is 49.3 Å². The molecule has 1 aromatic carbocycles. The van der Waals surface area contributed by atoms with E-state index in [2.05, 4.69) is 5.32 Å². The van der Waals surface area contributed by atoms with Crippen molar-refractivity contribution in [3.63, 3.8) is 0 Å². The molecule has 100 valence electrons. The summed E-state index contributed by atoms with van der Waals surface area (Å²) < 4.78 is 0. The highest BCUT2D eigenvalue weighted by atomic mass is 35.5. The third kappa shape index (κ3) is 3.80. The third-order valence-electron chi connectivity index (χ3n) is 2.76. The Labute approximate surface area is 120 Å². The minimum absolute atomic E-state index is 0.471. The number of carboxylic acid groups (broad SMARTS) is 1. The highest BCUT2D eigenvalue weighted by Gasteiger charge is 2.21. The minimum Gasteiger partial charge on any atom is -0.480 e. The van der Waals surface area contributed by atoms with Gasteiger partial charge < -0.3 is 10.4 Å². The molecule has 2 N–H and O–H groups in total. The molecule has 1 atom stereocenters. The number of rotatable bonds is 6. The molecule has 0 amide bonds. The van der Waals surface area contributed by atoms with Crippen molar-refractivity contribution in [1.29, 1.82) is 0 Å². The van der Waals surface area contributed by atoms with Crippen molar-refractivity contribution in [1.82, 2.24) is 5.32 Å². The number of halogens is 1. The lowest BCUT2D eigenvalue weighted by Gasteiger charge is -2.15. The Morgan fingerprint density at radius 3 is 2.74 bits per heavy atom. The van der Waals surface area contributed by atoms with Gasteiger partial charge in [0.15, 0.2) is 0 Å². The van der Waals surface area contributed by atoms with Gasteiger partial charge in [-0.15, -0.1) is 11.3 Å². The van der Waals surface area contributed by atoms with E-state index in [0.29, 0.717) is 17.1 Å². The molecule has 5 heteroatoms. The summed E-state index contributed by atoms with van der Waals surface area (Å²) in [5.41, 5.74) is 0.600. The summed E-state index contributed by atoms with van der Waals surface area (Å²) in [5.74, 6) is -0.917. The van der Waals surface area contributed by atoms with E-state index < -0.39 is 12.0 Å². The van der Waals surface area contributed by atoms with Crippen LogP contribution in [0.4, 0.5) is 0 Å². The van der Waals surface area contributed by atoms with Crippen LogP contribution < -0.4 is 5.32 Å². The standard InChI is InChI=1S/C14H14ClNO2S/c15-12-6-2-1-5-11(12)13(14(17)18)16-8-7-10-4-3-9-19-10/h1-6,9,13,16H,7-8H2,(H,17,18)/t13-/m0/s1. The van der Waals surface area contributed by atoms with Crippen molar-refractivity contribution < 1.29 is 9.90 Å². The Morgan fingerprint density at radius 2 is 2.11 bits per heavy atom. The molecule has 0 aliphatic heterocycles. The summed E-state index contributed by atoms with van der Waals surface area (Å²) >= 11 is 7.71. The number of carbonyl (C=O) groups is 1. The van der Waals surface area contributed by atoms with E-state index in [4.69, 9.17) is 11.6 Å². The van der Waals surface area contributed by atoms with Crippen molar-refractivity contribution in [2.45, 2.75) is 12.5 Å². The predicted octanol–water partition coefficient (Wildman–Crippen LogP) is 3.36. The molecule has 0 aliphatic carbocycles. The first kappa shape index (κ1) is 14.1. The van der Waals surface area contributed by atoms with Crippen LogP contribution in [0, 0.1) is 0 Å². The zero-order chi connectivity index (χ0) is 13.7. The van der Waals surface area contributed by atoms with Crippen molar-refractivity contribution >= 4 is 28.9 Å². The summed E-state index contributed by atoms with van der Waals surface area (Å²) in [5, 5.41) is 14.8. The maximum absolute atomic E-state index is 11.3. The summed E-state index contributed by atoms with van der Waals surface area (Å²) in [6, 6.07) is 10.3. The Kier molecular flexibility index (Phi) is 4.96. The highest BCUT2D eigenvalue weighted by Crippen LogP contribution is 2.23. The molecule has 0 saturated heterocycles. The van der Waals surface area contributed by atoms with E-state index in [1.165, 1.54) is 4.88 Å². The van der Waals surface area contributed by atoms with Gasteiger partial charge in [0.05, 0.1) is 0 Å². The second kappa shape index (κ2) is 6.70. The zero-order valence-electron chi connectivity index (χ0n) is 10.2. The first-order valence-corrected chi connectivity index (χ1v) is 7.17. The Balaban J connectivity index is 2.01. The molecule has 1 aromatic heterocycles. The number of nitrogens with one attached hydrogen (secondary N) is 1. The maximum atomic E-state index is 11.3. The molecule has 0 spiro atoms. The van der Waals surface area contributed by atoms with Crippen molar-refractivity contribution in [3.8, 4) is 0 Å². The lowest BCUT2D eigenvalue weighted by atomic mass is 10.1. The largest absolute Gasteiger partial charge is 0.480 e. The quantitative estimate of drug-likeness (QED) is 0.859. The van der Waals surface area contributed by atoms with Gasteiger partial charge in [0, 0.05) is 16.4 Å². The van der Waals surface area contributed by atoms with Crippen LogP contribution in [0.3, 0.4) is 0 Å². The molecule has 0 bridgehead atoms. The fourth-order valence-corrected chi connectivity index (χ4v) is 2.79. The first-order valence-electron chi connectivity index (χ1n) is 5.91. The van der Waals surface area contributed by atoms with Crippen LogP contribution >= 0.6 is 22.9 Å². The van der Waals surface area contributed by atoms with Crippen molar-refractivity contribution in [2.24, 2.45) is 0 Å². The van der Waals surface area contributed by atoms with E-state index in [1.807, 2.05) is 17.5 Å². The van der Waals surface area contributed by atoms with Gasteiger partial charge in [-0.3, -0.25) is 4.79 Å². The van der Waals surface area contributed by atoms with Gasteiger partial charge in [-0.05, 0) is 29.5 Å². The molecule has 2 rings (SSSR count). The summed E-state index contributed by atoms with van der Waals surface area (Å²) in [7, 11) is 0. The van der Waals surface area contributed by atoms with Crippen LogP contribution in [0.15, 0.2) is 41.8 Å². The number of hydrogen-bond acceptors (Lipinski definition) is 3. The molecule has 2 aromatic rings. The van der Waals surface area contributed by atoms with Gasteiger partial charge >= 0.3 is 5.97 Å². The fraction of sp³-hybridized carbons (Fsp3) is 0.214. The fourth-order valence-electron chi connectivity index (χ4n) is 1.83. The van der Waals surface area contributed by atoms with E-state index in [-0.39, 0.29) is 0 Å². The molecule has 0 radical (unpaired) electrons. The van der Waals surface area contributed by atoms with Gasteiger partial charge in [-0.25, -0.2) is 0 Å². The number of carboxylic acids is 1. The van der Waals surface area contributed by atoms with Crippen LogP contribution in [0.25, 0.3) is 0 Å². The third-order valence-corrected chi connectivity index (χ3v) is 4.04. The van der Waals surface area contributed by atoms with Gasteiger partial charge in [0.25, 0.3) is 0 Å². The summed E-state index contributed by atoms with van der Waals surface area (Å²) in [6.45, 7) is 0.600. The summed E-state index contributed by atoms with van der Waals surface area (Å²) in [6.07, 6.45) is 0.811. The second-order valence-electron chi connectivity index (χ2n) is 4.08. The second-order valence-corrected chi connectivity index (χ2v) is 5.52. The van der Waals surface area contributed by atoms with Gasteiger partial charge in [0.1, 0.15) is 6.04 Å². The van der Waals surface area contributed by atoms with Gasteiger partial charge in [0.2, 0.25) is 0 Å². The molecule has 0 saturated carbocycles. The van der Waals surface area contributed by atoms with E-state index in [9.17, 15) is 9.90 Å². The van der Waals surface area contributed by atoms with Crippen LogP contribution in [0.2, 0.25) is 5.02 Å². The first-order chi connectivity index (χ1) is 9.18. The molecule has 19 heavy (non-hydrogen) atoms. The predicted molar refractivity (Wildman–Crippen MR) is 77.9 cm³/mol. The SMILES string of the molecule is O=C(O)[C@@H](NCCc1cccs1)c1ccccc1Cl. The molecule has 0 unspecified atom stereocenters. The van der Waals surface area contributed by atoms with Crippen LogP contribution in [-0.2, 0) is 11.2 Å². The van der Waals surface area contributed by atoms with Crippen molar-refractivity contribution in [3.05, 3.63) is 57.2 Å². The number of benzene rings is 1. The van der Waals surface area contributed by atoms with Gasteiger partial charge in [-0.2, -0.15) is 0 Å². The lowest BCUT2D eigenvalue weighted by Crippen LogP contribution is -2.30. The van der Waals surface area contributed by atoms with Crippen LogP contribution in [-0.4, -0.2) is 17.6 Å². The van der Waals surface area contributed by atoms with Crippen LogP contribution in [0.1, 0.15) is 16.5 Å². The molecule has 3 nitrogen and oxygen atoms in total. The summed E-state index contributed by atoms with van der Waals surface area (Å²) in [4.78, 5) is 12.6. The molecule has 1 heterocycles. The molecular weight excluding hydrogens is 282 g/mol. The number of thiophene rings is 1. The lowest BCUT2D eigenvalue weighted by molar-refractivity contribution is -0.139. The maximum Gasteiger partial charge on any atom is 0.325 e. The highest BCUT2D eigenvalue weighted by molar-refractivity contribution is 7.09. The molecular formula is C14H14ClNO2S. The molecule has 0 aliphatic rings. The minimum atomic E-state index is -0.917. The normalized spacial score (nSPS) is 12.3. The Morgan fingerprint density at radius 1 is 1.32 bits per heavy atom. The van der Waals surface area contributed by atoms with E-state index in [1.54, 1.807) is 35.6 Å². The van der Waals surface area contributed by atoms with Gasteiger partial charge in [-0.1, -0.05) is 35.9 Å². The van der Waals surface area contributed by atoms with E-state index in [0.717, 1.165) is 6.42 Å². The smallest absolute Gasteiger partial charge is 0.325 e.